The van der Waals surface area contributed by atoms with Crippen molar-refractivity contribution >= 4 is 21.9 Å². The topological polar surface area (TPSA) is 115 Å². The van der Waals surface area contributed by atoms with Gasteiger partial charge in [0, 0.05) is 19.7 Å². The van der Waals surface area contributed by atoms with Gasteiger partial charge < -0.3 is 9.15 Å². The normalized spacial score (nSPS) is 11.4. The van der Waals surface area contributed by atoms with Gasteiger partial charge in [0.25, 0.3) is 5.91 Å². The van der Waals surface area contributed by atoms with Crippen molar-refractivity contribution < 1.29 is 22.4 Å². The molecule has 3 rings (SSSR count). The number of sulfonamides is 1. The molecule has 1 N–H and O–H groups in total. The van der Waals surface area contributed by atoms with Crippen LogP contribution >= 0.6 is 0 Å². The first kappa shape index (κ1) is 20.5. The monoisotopic (exact) mass is 416 g/mol. The average Bonchev–Trinajstić information content (AvgIpc) is 3.15. The lowest BCUT2D eigenvalue weighted by atomic mass is 10.2. The van der Waals surface area contributed by atoms with Gasteiger partial charge in [-0.1, -0.05) is 23.3 Å². The SMILES string of the molecule is Cc1ccccc1OCC(=O)Nc1nnc(-c2ccc(S(=O)(=O)N(C)C)cc2)o1. The molecule has 10 heteroatoms. The molecule has 29 heavy (non-hydrogen) atoms. The highest BCUT2D eigenvalue weighted by Gasteiger charge is 2.18. The Bertz CT molecular complexity index is 1110. The van der Waals surface area contributed by atoms with E-state index in [1.54, 1.807) is 18.2 Å². The fraction of sp³-hybridized carbons (Fsp3) is 0.211. The lowest BCUT2D eigenvalue weighted by Crippen LogP contribution is -2.22. The Labute approximate surface area is 168 Å². The van der Waals surface area contributed by atoms with Gasteiger partial charge in [-0.15, -0.1) is 5.10 Å². The second-order valence-electron chi connectivity index (χ2n) is 6.33. The molecule has 2 aromatic carbocycles. The lowest BCUT2D eigenvalue weighted by molar-refractivity contribution is -0.118. The third-order valence-corrected chi connectivity index (χ3v) is 5.83. The Kier molecular flexibility index (Phi) is 5.95. The maximum absolute atomic E-state index is 12.1. The van der Waals surface area contributed by atoms with E-state index in [1.807, 2.05) is 25.1 Å². The fourth-order valence-corrected chi connectivity index (χ4v) is 3.29. The number of para-hydroxylation sites is 1. The number of amides is 1. The zero-order valence-corrected chi connectivity index (χ0v) is 16.9. The molecule has 0 unspecified atom stereocenters. The van der Waals surface area contributed by atoms with Gasteiger partial charge in [0.15, 0.2) is 6.61 Å². The van der Waals surface area contributed by atoms with Crippen LogP contribution in [-0.2, 0) is 14.8 Å². The largest absolute Gasteiger partial charge is 0.483 e. The number of ether oxygens (including phenoxy) is 1. The van der Waals surface area contributed by atoms with Crippen molar-refractivity contribution in [2.75, 3.05) is 26.0 Å². The molecule has 0 fully saturated rings. The van der Waals surface area contributed by atoms with Crippen LogP contribution in [0.15, 0.2) is 57.8 Å². The molecule has 0 radical (unpaired) electrons. The lowest BCUT2D eigenvalue weighted by Gasteiger charge is -2.11. The van der Waals surface area contributed by atoms with Crippen LogP contribution in [0.25, 0.3) is 11.5 Å². The van der Waals surface area contributed by atoms with E-state index in [9.17, 15) is 13.2 Å². The van der Waals surface area contributed by atoms with Crippen LogP contribution in [0.5, 0.6) is 5.75 Å². The van der Waals surface area contributed by atoms with Gasteiger partial charge in [-0.25, -0.2) is 12.7 Å². The Balaban J connectivity index is 1.63. The maximum Gasteiger partial charge on any atom is 0.322 e. The number of carbonyl (C=O) groups is 1. The Morgan fingerprint density at radius 3 is 2.45 bits per heavy atom. The molecule has 1 heterocycles. The van der Waals surface area contributed by atoms with E-state index in [2.05, 4.69) is 15.5 Å². The molecule has 152 valence electrons. The molecule has 1 aromatic heterocycles. The predicted octanol–water partition coefficient (Wildman–Crippen LogP) is 2.31. The summed E-state index contributed by atoms with van der Waals surface area (Å²) in [6, 6.07) is 13.3. The maximum atomic E-state index is 12.1. The van der Waals surface area contributed by atoms with Gasteiger partial charge in [-0.3, -0.25) is 10.1 Å². The van der Waals surface area contributed by atoms with Crippen molar-refractivity contribution in [1.82, 2.24) is 14.5 Å². The quantitative estimate of drug-likeness (QED) is 0.628. The van der Waals surface area contributed by atoms with E-state index in [-0.39, 0.29) is 23.4 Å². The first-order chi connectivity index (χ1) is 13.8. The average molecular weight is 416 g/mol. The summed E-state index contributed by atoms with van der Waals surface area (Å²) < 4.78 is 36.2. The molecule has 1 amide bonds. The van der Waals surface area contributed by atoms with Crippen molar-refractivity contribution in [1.29, 1.82) is 0 Å². The highest BCUT2D eigenvalue weighted by molar-refractivity contribution is 7.89. The van der Waals surface area contributed by atoms with Gasteiger partial charge in [0.1, 0.15) is 5.75 Å². The number of carbonyl (C=O) groups excluding carboxylic acids is 1. The summed E-state index contributed by atoms with van der Waals surface area (Å²) in [7, 11) is -0.608. The van der Waals surface area contributed by atoms with Crippen molar-refractivity contribution in [3.8, 4) is 17.2 Å². The van der Waals surface area contributed by atoms with E-state index in [0.29, 0.717) is 11.3 Å². The summed E-state index contributed by atoms with van der Waals surface area (Å²) >= 11 is 0. The Morgan fingerprint density at radius 2 is 1.79 bits per heavy atom. The summed E-state index contributed by atoms with van der Waals surface area (Å²) in [5.74, 6) is 0.312. The summed E-state index contributed by atoms with van der Waals surface area (Å²) in [5, 5.41) is 10.1. The zero-order valence-electron chi connectivity index (χ0n) is 16.1. The van der Waals surface area contributed by atoms with Crippen molar-refractivity contribution in [3.05, 3.63) is 54.1 Å². The number of hydrogen-bond donors (Lipinski definition) is 1. The second-order valence-corrected chi connectivity index (χ2v) is 8.48. The molecule has 0 aliphatic carbocycles. The van der Waals surface area contributed by atoms with Crippen LogP contribution in [0.1, 0.15) is 5.56 Å². The second kappa shape index (κ2) is 8.41. The molecule has 0 saturated heterocycles. The van der Waals surface area contributed by atoms with E-state index in [4.69, 9.17) is 9.15 Å². The number of nitrogens with one attached hydrogen (secondary N) is 1. The highest BCUT2D eigenvalue weighted by Crippen LogP contribution is 2.23. The number of nitrogens with zero attached hydrogens (tertiary/aromatic N) is 3. The number of rotatable bonds is 7. The van der Waals surface area contributed by atoms with Crippen LogP contribution in [-0.4, -0.2) is 49.5 Å². The number of aryl methyl sites for hydroxylation is 1. The molecule has 3 aromatic rings. The Morgan fingerprint density at radius 1 is 1.10 bits per heavy atom. The molecule has 0 bridgehead atoms. The molecule has 0 spiro atoms. The van der Waals surface area contributed by atoms with Crippen LogP contribution in [0.4, 0.5) is 6.01 Å². The van der Waals surface area contributed by atoms with Crippen molar-refractivity contribution in [2.45, 2.75) is 11.8 Å². The minimum Gasteiger partial charge on any atom is -0.483 e. The summed E-state index contributed by atoms with van der Waals surface area (Å²) in [6.07, 6.45) is 0. The number of anilines is 1. The minimum atomic E-state index is -3.52. The van der Waals surface area contributed by atoms with Crippen LogP contribution in [0, 0.1) is 6.92 Å². The Hall–Kier alpha value is -3.24. The number of aromatic nitrogens is 2. The molecule has 0 saturated carbocycles. The molecular weight excluding hydrogens is 396 g/mol. The summed E-state index contributed by atoms with van der Waals surface area (Å²) in [5.41, 5.74) is 1.44. The minimum absolute atomic E-state index is 0.0802. The van der Waals surface area contributed by atoms with Crippen molar-refractivity contribution in [2.24, 2.45) is 0 Å². The van der Waals surface area contributed by atoms with Gasteiger partial charge in [0.05, 0.1) is 4.90 Å². The number of hydrogen-bond acceptors (Lipinski definition) is 7. The van der Waals surface area contributed by atoms with E-state index in [0.717, 1.165) is 9.87 Å². The van der Waals surface area contributed by atoms with Crippen LogP contribution < -0.4 is 10.1 Å². The van der Waals surface area contributed by atoms with Gasteiger partial charge in [0.2, 0.25) is 15.9 Å². The molecule has 0 atom stereocenters. The van der Waals surface area contributed by atoms with Gasteiger partial charge >= 0.3 is 6.01 Å². The van der Waals surface area contributed by atoms with Gasteiger partial charge in [-0.2, -0.15) is 0 Å². The molecule has 9 nitrogen and oxygen atoms in total. The predicted molar refractivity (Wildman–Crippen MR) is 106 cm³/mol. The highest BCUT2D eigenvalue weighted by atomic mass is 32.2. The van der Waals surface area contributed by atoms with E-state index < -0.39 is 15.9 Å². The fourth-order valence-electron chi connectivity index (χ4n) is 2.39. The first-order valence-electron chi connectivity index (χ1n) is 8.62. The van der Waals surface area contributed by atoms with Gasteiger partial charge in [-0.05, 0) is 42.8 Å². The standard InChI is InChI=1S/C19H20N4O5S/c1-13-6-4-5-7-16(13)27-12-17(24)20-19-22-21-18(28-19)14-8-10-15(11-9-14)29(25,26)23(2)3/h4-11H,12H2,1-3H3,(H,20,22,24). The third kappa shape index (κ3) is 4.79. The van der Waals surface area contributed by atoms with E-state index in [1.165, 1.54) is 26.2 Å². The van der Waals surface area contributed by atoms with Crippen LogP contribution in [0.3, 0.4) is 0 Å². The number of benzene rings is 2. The first-order valence-corrected chi connectivity index (χ1v) is 10.1. The summed E-state index contributed by atoms with van der Waals surface area (Å²) in [6.45, 7) is 1.67. The van der Waals surface area contributed by atoms with Crippen molar-refractivity contribution in [3.63, 3.8) is 0 Å². The third-order valence-electron chi connectivity index (χ3n) is 4.00. The molecular formula is C19H20N4O5S. The van der Waals surface area contributed by atoms with E-state index >= 15 is 0 Å². The molecule has 0 aliphatic rings. The smallest absolute Gasteiger partial charge is 0.322 e. The summed E-state index contributed by atoms with van der Waals surface area (Å²) in [4.78, 5) is 12.2. The molecule has 0 aliphatic heterocycles. The zero-order chi connectivity index (χ0) is 21.0. The van der Waals surface area contributed by atoms with Crippen LogP contribution in [0.2, 0.25) is 0 Å².